The number of rotatable bonds is 6. The number of para-hydroxylation sites is 1. The molecule has 1 unspecified atom stereocenters. The van der Waals surface area contributed by atoms with E-state index in [1.165, 1.54) is 17.3 Å². The summed E-state index contributed by atoms with van der Waals surface area (Å²) < 4.78 is 5.33. The monoisotopic (exact) mass is 532 g/mol. The van der Waals surface area contributed by atoms with Crippen molar-refractivity contribution in [2.75, 3.05) is 16.6 Å². The second-order valence-electron chi connectivity index (χ2n) is 9.23. The van der Waals surface area contributed by atoms with Gasteiger partial charge in [-0.15, -0.1) is 0 Å². The van der Waals surface area contributed by atoms with Crippen LogP contribution in [0.3, 0.4) is 0 Å². The third-order valence-electron chi connectivity index (χ3n) is 6.45. The largest absolute Gasteiger partial charge is 0.461 e. The van der Waals surface area contributed by atoms with Gasteiger partial charge in [-0.2, -0.15) is 10.2 Å². The molecule has 5 rings (SSSR count). The van der Waals surface area contributed by atoms with Gasteiger partial charge in [0.25, 0.3) is 0 Å². The van der Waals surface area contributed by atoms with Gasteiger partial charge in [-0.3, -0.25) is 0 Å². The Bertz CT molecular complexity index is 1330. The van der Waals surface area contributed by atoms with Crippen molar-refractivity contribution in [3.05, 3.63) is 95.0 Å². The molecule has 0 saturated carbocycles. The first-order valence-electron chi connectivity index (χ1n) is 12.4. The van der Waals surface area contributed by atoms with Gasteiger partial charge in [0.2, 0.25) is 10.0 Å². The number of thioether (sulfide) groups is 1. The van der Waals surface area contributed by atoms with Gasteiger partial charge in [-0.1, -0.05) is 67.9 Å². The summed E-state index contributed by atoms with van der Waals surface area (Å²) in [5.41, 5.74) is 5.10. The van der Waals surface area contributed by atoms with Crippen molar-refractivity contribution in [1.29, 1.82) is 0 Å². The molecular formula is C29H29ClN4O2S. The fourth-order valence-electron chi connectivity index (χ4n) is 4.52. The summed E-state index contributed by atoms with van der Waals surface area (Å²) >= 11 is 7.58. The maximum atomic E-state index is 12.8. The van der Waals surface area contributed by atoms with Crippen LogP contribution in [0.4, 0.5) is 11.4 Å². The van der Waals surface area contributed by atoms with E-state index in [9.17, 15) is 4.79 Å². The lowest BCUT2D eigenvalue weighted by atomic mass is 9.97. The first-order valence-corrected chi connectivity index (χ1v) is 13.6. The van der Waals surface area contributed by atoms with Crippen LogP contribution >= 0.6 is 23.4 Å². The highest BCUT2D eigenvalue weighted by Gasteiger charge is 2.53. The number of carbonyl (C=O) groups excluding carboxylic acids is 1. The zero-order chi connectivity index (χ0) is 26.0. The van der Waals surface area contributed by atoms with Gasteiger partial charge in [0.05, 0.1) is 23.7 Å². The molecule has 8 heteroatoms. The van der Waals surface area contributed by atoms with E-state index in [1.807, 2.05) is 64.6 Å². The van der Waals surface area contributed by atoms with Crippen LogP contribution in [-0.2, 0) is 9.53 Å². The second kappa shape index (κ2) is 10.6. The Labute approximate surface area is 227 Å². The number of hydrogen-bond acceptors (Lipinski definition) is 7. The number of esters is 1. The lowest BCUT2D eigenvalue weighted by Crippen LogP contribution is -2.56. The van der Waals surface area contributed by atoms with Gasteiger partial charge in [-0.25, -0.2) is 14.8 Å². The van der Waals surface area contributed by atoms with Gasteiger partial charge < -0.3 is 4.74 Å². The van der Waals surface area contributed by atoms with Crippen LogP contribution in [0, 0.1) is 0 Å². The van der Waals surface area contributed by atoms with E-state index in [-0.39, 0.29) is 6.61 Å². The summed E-state index contributed by atoms with van der Waals surface area (Å²) in [6, 6.07) is 26.1. The Morgan fingerprint density at radius 1 is 0.973 bits per heavy atom. The van der Waals surface area contributed by atoms with Gasteiger partial charge in [-0.05, 0) is 78.5 Å². The lowest BCUT2D eigenvalue weighted by molar-refractivity contribution is -0.134. The quantitative estimate of drug-likeness (QED) is 0.313. The van der Waals surface area contributed by atoms with E-state index in [0.29, 0.717) is 28.8 Å². The number of hydrazone groups is 2. The molecule has 1 spiro atoms. The van der Waals surface area contributed by atoms with Crippen molar-refractivity contribution < 1.29 is 9.53 Å². The van der Waals surface area contributed by atoms with Crippen molar-refractivity contribution >= 4 is 51.5 Å². The number of halogens is 1. The first kappa shape index (κ1) is 25.4. The summed E-state index contributed by atoms with van der Waals surface area (Å²) in [5, 5.41) is 14.8. The van der Waals surface area contributed by atoms with Crippen molar-refractivity contribution in [2.24, 2.45) is 10.2 Å². The number of anilines is 2. The van der Waals surface area contributed by atoms with Crippen LogP contribution < -0.4 is 10.0 Å². The maximum Gasteiger partial charge on any atom is 0.365 e. The zero-order valence-corrected chi connectivity index (χ0v) is 22.7. The van der Waals surface area contributed by atoms with Gasteiger partial charge in [0.1, 0.15) is 0 Å². The molecule has 2 aliphatic rings. The summed E-state index contributed by atoms with van der Waals surface area (Å²) in [6.07, 6.45) is 1.39. The minimum Gasteiger partial charge on any atom is -0.461 e. The molecule has 0 fully saturated rings. The molecule has 37 heavy (non-hydrogen) atoms. The van der Waals surface area contributed by atoms with Crippen molar-refractivity contribution in [2.45, 2.75) is 44.5 Å². The molecule has 3 aromatic rings. The van der Waals surface area contributed by atoms with Crippen LogP contribution in [0.25, 0.3) is 0 Å². The van der Waals surface area contributed by atoms with Crippen molar-refractivity contribution in [1.82, 2.24) is 0 Å². The predicted molar refractivity (Wildman–Crippen MR) is 154 cm³/mol. The minimum absolute atomic E-state index is 0.281. The fourth-order valence-corrected chi connectivity index (χ4v) is 5.89. The predicted octanol–water partition coefficient (Wildman–Crippen LogP) is 7.25. The number of nitrogens with zero attached hydrogens (tertiary/aromatic N) is 4. The highest BCUT2D eigenvalue weighted by Crippen LogP contribution is 2.50. The van der Waals surface area contributed by atoms with E-state index in [1.54, 1.807) is 6.92 Å². The summed E-state index contributed by atoms with van der Waals surface area (Å²) in [5.74, 6) is 0.0306. The number of ether oxygens (including phenoxy) is 1. The van der Waals surface area contributed by atoms with E-state index in [4.69, 9.17) is 26.5 Å². The highest BCUT2D eigenvalue weighted by molar-refractivity contribution is 8.17. The molecule has 0 N–H and O–H groups in total. The average Bonchev–Trinajstić information content (AvgIpc) is 3.30. The van der Waals surface area contributed by atoms with Crippen LogP contribution in [0.5, 0.6) is 0 Å². The molecule has 0 bridgehead atoms. The van der Waals surface area contributed by atoms with Gasteiger partial charge in [0, 0.05) is 11.4 Å². The van der Waals surface area contributed by atoms with E-state index < -0.39 is 11.0 Å². The Balaban J connectivity index is 1.62. The van der Waals surface area contributed by atoms with Gasteiger partial charge >= 0.3 is 5.97 Å². The van der Waals surface area contributed by atoms with E-state index in [2.05, 4.69) is 38.1 Å². The Hall–Kier alpha value is -3.29. The first-order chi connectivity index (χ1) is 17.9. The van der Waals surface area contributed by atoms with Crippen molar-refractivity contribution in [3.8, 4) is 0 Å². The van der Waals surface area contributed by atoms with Gasteiger partial charge in [0.15, 0.2) is 0 Å². The molecule has 190 valence electrons. The molecule has 1 atom stereocenters. The number of benzene rings is 3. The van der Waals surface area contributed by atoms with E-state index in [0.717, 1.165) is 22.6 Å². The maximum absolute atomic E-state index is 12.8. The summed E-state index contributed by atoms with van der Waals surface area (Å²) in [4.78, 5) is 12.0. The molecule has 0 aromatic heterocycles. The molecule has 0 aliphatic carbocycles. The number of carbonyl (C=O) groups is 1. The summed E-state index contributed by atoms with van der Waals surface area (Å²) in [6.45, 7) is 6.46. The fraction of sp³-hybridized carbons (Fsp3) is 0.276. The summed E-state index contributed by atoms with van der Waals surface area (Å²) in [7, 11) is 0. The van der Waals surface area contributed by atoms with Crippen molar-refractivity contribution in [3.63, 3.8) is 0 Å². The van der Waals surface area contributed by atoms with Crippen LogP contribution in [0.15, 0.2) is 89.1 Å². The second-order valence-corrected chi connectivity index (χ2v) is 10.9. The SMILES string of the molecule is CCOC(=O)C1=NN(c2ccc(Cl)cc2)C2(CCC(c3ccc(C(C)C)cc3)=NN2c2ccccc2)S1. The molecule has 3 aromatic carbocycles. The Morgan fingerprint density at radius 3 is 2.27 bits per heavy atom. The normalized spacial score (nSPS) is 19.3. The minimum atomic E-state index is -0.793. The molecule has 0 radical (unpaired) electrons. The molecule has 0 saturated heterocycles. The Morgan fingerprint density at radius 2 is 1.62 bits per heavy atom. The standard InChI is InChI=1S/C29H29ClN4O2S/c1-4-36-28(35)27-32-34(25-16-14-23(30)15-17-25)29(37-27)19-18-26(22-12-10-21(11-13-22)20(2)3)31-33(29)24-8-6-5-7-9-24/h5-17,20H,4,18-19H2,1-3H3. The average molecular weight is 533 g/mol. The third-order valence-corrected chi connectivity index (χ3v) is 8.02. The zero-order valence-electron chi connectivity index (χ0n) is 21.1. The number of hydrogen-bond donors (Lipinski definition) is 0. The third kappa shape index (κ3) is 4.98. The van der Waals surface area contributed by atoms with Crippen LogP contribution in [0.2, 0.25) is 5.02 Å². The molecule has 2 aliphatic heterocycles. The smallest absolute Gasteiger partial charge is 0.365 e. The lowest BCUT2D eigenvalue weighted by Gasteiger charge is -2.46. The van der Waals surface area contributed by atoms with Crippen LogP contribution in [0.1, 0.15) is 50.7 Å². The molecule has 2 heterocycles. The molecule has 6 nitrogen and oxygen atoms in total. The highest BCUT2D eigenvalue weighted by atomic mass is 35.5. The van der Waals surface area contributed by atoms with E-state index >= 15 is 0 Å². The topological polar surface area (TPSA) is 57.5 Å². The molecular weight excluding hydrogens is 504 g/mol. The van der Waals surface area contributed by atoms with Crippen LogP contribution in [-0.4, -0.2) is 28.3 Å². The molecule has 0 amide bonds. The Kier molecular flexibility index (Phi) is 7.26.